The second-order valence-corrected chi connectivity index (χ2v) is 13.8. The number of unbranched alkanes of at least 4 members (excludes halogenated alkanes) is 14. The number of aliphatic hydroxyl groups excluding tert-OH is 4. The Hall–Kier alpha value is -0.990. The van der Waals surface area contributed by atoms with E-state index in [-0.39, 0.29) is 30.4 Å². The molecule has 7 atom stereocenters. The van der Waals surface area contributed by atoms with Crippen LogP contribution >= 0.6 is 0 Å². The summed E-state index contributed by atoms with van der Waals surface area (Å²) in [6.07, 6.45) is 25.3. The highest BCUT2D eigenvalue weighted by molar-refractivity contribution is 5.90. The molecule has 7 nitrogen and oxygen atoms in total. The molecule has 4 unspecified atom stereocenters. The van der Waals surface area contributed by atoms with E-state index in [4.69, 9.17) is 9.47 Å². The smallest absolute Gasteiger partial charge is 0.334 e. The second kappa shape index (κ2) is 24.2. The van der Waals surface area contributed by atoms with Gasteiger partial charge in [-0.1, -0.05) is 116 Å². The molecule has 0 saturated carbocycles. The summed E-state index contributed by atoms with van der Waals surface area (Å²) in [5.41, 5.74) is 0.584. The zero-order valence-corrected chi connectivity index (χ0v) is 28.3. The van der Waals surface area contributed by atoms with Gasteiger partial charge in [0.05, 0.1) is 36.6 Å². The predicted molar refractivity (Wildman–Crippen MR) is 177 cm³/mol. The van der Waals surface area contributed by atoms with Crippen molar-refractivity contribution in [2.75, 3.05) is 0 Å². The van der Waals surface area contributed by atoms with Crippen LogP contribution in [0.15, 0.2) is 11.6 Å². The Kier molecular flexibility index (Phi) is 21.6. The van der Waals surface area contributed by atoms with Crippen LogP contribution in [-0.4, -0.2) is 69.1 Å². The van der Waals surface area contributed by atoms with E-state index in [9.17, 15) is 25.2 Å². The van der Waals surface area contributed by atoms with Crippen molar-refractivity contribution in [3.8, 4) is 0 Å². The molecule has 1 fully saturated rings. The van der Waals surface area contributed by atoms with Crippen LogP contribution in [-0.2, 0) is 14.3 Å². The number of carbonyl (C=O) groups excluding carboxylic acids is 1. The van der Waals surface area contributed by atoms with Crippen molar-refractivity contribution in [1.29, 1.82) is 0 Å². The molecule has 0 spiro atoms. The quantitative estimate of drug-likeness (QED) is 0.0518. The summed E-state index contributed by atoms with van der Waals surface area (Å²) in [7, 11) is 0. The molecule has 0 aliphatic carbocycles. The Balaban J connectivity index is 1.38. The summed E-state index contributed by atoms with van der Waals surface area (Å²) in [5.74, 6) is -0.308. The van der Waals surface area contributed by atoms with E-state index in [0.29, 0.717) is 18.4 Å². The average molecular weight is 625 g/mol. The fourth-order valence-electron chi connectivity index (χ4n) is 6.77. The van der Waals surface area contributed by atoms with Crippen molar-refractivity contribution in [2.24, 2.45) is 0 Å². The third kappa shape index (κ3) is 17.6. The summed E-state index contributed by atoms with van der Waals surface area (Å²) in [6.45, 7) is 4.08. The van der Waals surface area contributed by atoms with Crippen LogP contribution < -0.4 is 0 Å². The number of rotatable bonds is 28. The van der Waals surface area contributed by atoms with Crippen molar-refractivity contribution in [3.63, 3.8) is 0 Å². The van der Waals surface area contributed by atoms with Crippen molar-refractivity contribution >= 4 is 5.97 Å². The maximum Gasteiger partial charge on any atom is 0.334 e. The number of ether oxygens (including phenoxy) is 2. The first-order valence-electron chi connectivity index (χ1n) is 18.6. The van der Waals surface area contributed by atoms with Crippen LogP contribution in [0.2, 0.25) is 0 Å². The lowest BCUT2D eigenvalue weighted by atomic mass is 9.99. The molecule has 0 aromatic rings. The highest BCUT2D eigenvalue weighted by Gasteiger charge is 2.34. The Morgan fingerprint density at radius 1 is 0.636 bits per heavy atom. The third-order valence-corrected chi connectivity index (χ3v) is 9.61. The lowest BCUT2D eigenvalue weighted by Gasteiger charge is -2.22. The minimum Gasteiger partial charge on any atom is -0.455 e. The standard InChI is InChI=1S/C37H68O7/c1-3-4-5-6-7-8-9-10-11-18-23-33(40)35-25-26-36(44-35)34(41)24-19-13-12-15-20-31(38)21-16-14-17-22-32(39)28-30-27-29(2)43-37(30)42/h27,29,31-36,38-41H,3-26,28H2,1-2H3/t29-,31?,32?,33?,34?,35-,36+/m0/s1. The van der Waals surface area contributed by atoms with E-state index in [1.807, 2.05) is 6.92 Å². The molecule has 7 heteroatoms. The van der Waals surface area contributed by atoms with Crippen LogP contribution in [0, 0.1) is 0 Å². The average Bonchev–Trinajstić information content (AvgIpc) is 3.61. The first kappa shape index (κ1) is 39.2. The fourth-order valence-corrected chi connectivity index (χ4v) is 6.77. The van der Waals surface area contributed by atoms with Crippen molar-refractivity contribution in [3.05, 3.63) is 11.6 Å². The molecule has 0 aromatic carbocycles. The minimum atomic E-state index is -0.519. The van der Waals surface area contributed by atoms with Gasteiger partial charge in [0, 0.05) is 12.0 Å². The fraction of sp³-hybridized carbons (Fsp3) is 0.919. The number of cyclic esters (lactones) is 1. The molecule has 0 radical (unpaired) electrons. The zero-order valence-electron chi connectivity index (χ0n) is 28.3. The summed E-state index contributed by atoms with van der Waals surface area (Å²) in [6, 6.07) is 0. The topological polar surface area (TPSA) is 116 Å². The van der Waals surface area contributed by atoms with Crippen molar-refractivity contribution < 1.29 is 34.7 Å². The molecule has 2 aliphatic heterocycles. The largest absolute Gasteiger partial charge is 0.455 e. The van der Waals surface area contributed by atoms with Crippen LogP contribution in [0.4, 0.5) is 0 Å². The van der Waals surface area contributed by atoms with Crippen molar-refractivity contribution in [2.45, 2.75) is 217 Å². The maximum atomic E-state index is 11.7. The normalized spacial score (nSPS) is 23.0. The molecule has 0 amide bonds. The van der Waals surface area contributed by atoms with Crippen LogP contribution in [0.5, 0.6) is 0 Å². The van der Waals surface area contributed by atoms with Gasteiger partial charge in [0.25, 0.3) is 0 Å². The number of hydrogen-bond acceptors (Lipinski definition) is 7. The third-order valence-electron chi connectivity index (χ3n) is 9.61. The molecule has 258 valence electrons. The van der Waals surface area contributed by atoms with Gasteiger partial charge in [-0.25, -0.2) is 4.79 Å². The van der Waals surface area contributed by atoms with Gasteiger partial charge in [-0.05, 0) is 57.9 Å². The second-order valence-electron chi connectivity index (χ2n) is 13.8. The molecule has 0 aromatic heterocycles. The molecule has 2 heterocycles. The van der Waals surface area contributed by atoms with E-state index in [1.165, 1.54) is 57.8 Å². The Labute approximate surface area is 269 Å². The van der Waals surface area contributed by atoms with Crippen LogP contribution in [0.3, 0.4) is 0 Å². The first-order valence-corrected chi connectivity index (χ1v) is 18.6. The lowest BCUT2D eigenvalue weighted by Crippen LogP contribution is -2.31. The van der Waals surface area contributed by atoms with Crippen LogP contribution in [0.25, 0.3) is 0 Å². The Morgan fingerprint density at radius 3 is 1.50 bits per heavy atom. The molecule has 2 aliphatic rings. The van der Waals surface area contributed by atoms with E-state index < -0.39 is 18.3 Å². The van der Waals surface area contributed by atoms with Gasteiger partial charge < -0.3 is 29.9 Å². The van der Waals surface area contributed by atoms with Gasteiger partial charge >= 0.3 is 5.97 Å². The monoisotopic (exact) mass is 624 g/mol. The van der Waals surface area contributed by atoms with Gasteiger partial charge in [-0.15, -0.1) is 0 Å². The zero-order chi connectivity index (χ0) is 32.0. The highest BCUT2D eigenvalue weighted by Crippen LogP contribution is 2.28. The Bertz CT molecular complexity index is 756. The predicted octanol–water partition coefficient (Wildman–Crippen LogP) is 7.84. The number of hydrogen-bond donors (Lipinski definition) is 4. The summed E-state index contributed by atoms with van der Waals surface area (Å²) < 4.78 is 11.1. The van der Waals surface area contributed by atoms with Gasteiger partial charge in [0.2, 0.25) is 0 Å². The van der Waals surface area contributed by atoms with Gasteiger partial charge in [-0.2, -0.15) is 0 Å². The molecular formula is C37H68O7. The van der Waals surface area contributed by atoms with E-state index in [1.54, 1.807) is 6.08 Å². The number of carbonyl (C=O) groups is 1. The summed E-state index contributed by atoms with van der Waals surface area (Å²) >= 11 is 0. The molecule has 44 heavy (non-hydrogen) atoms. The molecule has 2 rings (SSSR count). The Morgan fingerprint density at radius 2 is 1.05 bits per heavy atom. The van der Waals surface area contributed by atoms with Crippen LogP contribution in [0.1, 0.15) is 174 Å². The first-order chi connectivity index (χ1) is 21.3. The van der Waals surface area contributed by atoms with Gasteiger partial charge in [0.15, 0.2) is 0 Å². The van der Waals surface area contributed by atoms with E-state index in [0.717, 1.165) is 89.9 Å². The molecular weight excluding hydrogens is 556 g/mol. The highest BCUT2D eigenvalue weighted by atomic mass is 16.5. The van der Waals surface area contributed by atoms with E-state index in [2.05, 4.69) is 6.92 Å². The number of esters is 1. The SMILES string of the molecule is CCCCCCCCCCCCC(O)[C@@H]1CC[C@H](C(O)CCCCCCC(O)CCCCCC(O)CC2=C[C@H](C)OC2=O)O1. The summed E-state index contributed by atoms with van der Waals surface area (Å²) in [5, 5.41) is 41.7. The maximum absolute atomic E-state index is 11.7. The molecule has 1 saturated heterocycles. The van der Waals surface area contributed by atoms with Gasteiger partial charge in [0.1, 0.15) is 6.10 Å². The number of aliphatic hydroxyl groups is 4. The minimum absolute atomic E-state index is 0.126. The molecule has 4 N–H and O–H groups in total. The molecule has 0 bridgehead atoms. The van der Waals surface area contributed by atoms with E-state index >= 15 is 0 Å². The van der Waals surface area contributed by atoms with Gasteiger partial charge in [-0.3, -0.25) is 0 Å². The van der Waals surface area contributed by atoms with Crippen molar-refractivity contribution in [1.82, 2.24) is 0 Å². The lowest BCUT2D eigenvalue weighted by molar-refractivity contribution is -0.139. The summed E-state index contributed by atoms with van der Waals surface area (Å²) in [4.78, 5) is 11.7.